The summed E-state index contributed by atoms with van der Waals surface area (Å²) in [6, 6.07) is 11.1. The van der Waals surface area contributed by atoms with Crippen molar-refractivity contribution in [2.45, 2.75) is 45.3 Å². The Hall–Kier alpha value is -4.21. The Kier molecular flexibility index (Phi) is 7.70. The van der Waals surface area contributed by atoms with Crippen LogP contribution in [0.4, 0.5) is 11.4 Å². The normalized spacial score (nSPS) is 21.0. The highest BCUT2D eigenvalue weighted by Gasteiger charge is 2.29. The van der Waals surface area contributed by atoms with Gasteiger partial charge in [-0.05, 0) is 74.6 Å². The van der Waals surface area contributed by atoms with Crippen LogP contribution in [-0.2, 0) is 20.7 Å². The maximum atomic E-state index is 13.3. The number of methoxy groups -OCH3 is 1. The van der Waals surface area contributed by atoms with Gasteiger partial charge in [-0.1, -0.05) is 24.3 Å². The van der Waals surface area contributed by atoms with E-state index >= 15 is 0 Å². The summed E-state index contributed by atoms with van der Waals surface area (Å²) in [4.78, 5) is 37.5. The zero-order valence-electron chi connectivity index (χ0n) is 24.2. The Morgan fingerprint density at radius 1 is 1.12 bits per heavy atom. The van der Waals surface area contributed by atoms with Gasteiger partial charge in [0.25, 0.3) is 0 Å². The molecule has 9 nitrogen and oxygen atoms in total. The second kappa shape index (κ2) is 11.6. The number of aromatic nitrogens is 1. The Labute approximate surface area is 245 Å². The standard InChI is InChI=1S/C33H36N4O5/c1-20-17-36(18-21(2)42-20)19-29(38)37-14-13-23-15-25(10-12-28(23)37)34-31(22-7-5-4-6-8-22)30-26-11-9-24(33(40)41-3)16-27(26)35-32(30)39/h5,7-12,15-16,20-21,35,39H,4,6,13-14,17-19H2,1-3H3. The number of allylic oxidation sites excluding steroid dienone is 4. The second-order valence-corrected chi connectivity index (χ2v) is 11.3. The molecule has 218 valence electrons. The molecule has 42 heavy (non-hydrogen) atoms. The van der Waals surface area contributed by atoms with Crippen molar-refractivity contribution < 1.29 is 24.2 Å². The molecule has 0 spiro atoms. The molecule has 1 aliphatic carbocycles. The van der Waals surface area contributed by atoms with Gasteiger partial charge in [-0.2, -0.15) is 0 Å². The van der Waals surface area contributed by atoms with Gasteiger partial charge in [-0.25, -0.2) is 9.79 Å². The third-order valence-corrected chi connectivity index (χ3v) is 8.06. The van der Waals surface area contributed by atoms with Crippen molar-refractivity contribution >= 4 is 39.9 Å². The van der Waals surface area contributed by atoms with Crippen molar-refractivity contribution in [3.05, 3.63) is 76.9 Å². The number of carbonyl (C=O) groups excluding carboxylic acids is 2. The van der Waals surface area contributed by atoms with Gasteiger partial charge in [0.05, 0.1) is 48.4 Å². The number of H-pyrrole nitrogens is 1. The first-order valence-corrected chi connectivity index (χ1v) is 14.5. The molecule has 0 bridgehead atoms. The van der Waals surface area contributed by atoms with E-state index < -0.39 is 5.97 Å². The summed E-state index contributed by atoms with van der Waals surface area (Å²) in [6.45, 7) is 6.61. The molecule has 3 aromatic rings. The number of esters is 1. The molecular weight excluding hydrogens is 532 g/mol. The van der Waals surface area contributed by atoms with Gasteiger partial charge in [0, 0.05) is 36.2 Å². The number of nitrogens with zero attached hydrogens (tertiary/aromatic N) is 3. The molecular formula is C33H36N4O5. The predicted octanol–water partition coefficient (Wildman–Crippen LogP) is 5.06. The first-order valence-electron chi connectivity index (χ1n) is 14.5. The van der Waals surface area contributed by atoms with Gasteiger partial charge in [0.15, 0.2) is 5.88 Å². The number of benzene rings is 2. The number of aromatic hydroxyl groups is 1. The molecule has 9 heteroatoms. The second-order valence-electron chi connectivity index (χ2n) is 11.3. The minimum Gasteiger partial charge on any atom is -0.494 e. The summed E-state index contributed by atoms with van der Waals surface area (Å²) in [5.41, 5.74) is 5.89. The molecule has 2 aromatic carbocycles. The number of morpholine rings is 1. The number of anilines is 1. The fourth-order valence-electron chi connectivity index (χ4n) is 6.26. The minimum atomic E-state index is -0.445. The zero-order chi connectivity index (χ0) is 29.4. The van der Waals surface area contributed by atoms with Crippen molar-refractivity contribution in [3.8, 4) is 5.88 Å². The molecule has 0 radical (unpaired) electrons. The average molecular weight is 569 g/mol. The predicted molar refractivity (Wildman–Crippen MR) is 163 cm³/mol. The molecule has 0 saturated carbocycles. The van der Waals surface area contributed by atoms with Crippen molar-refractivity contribution in [3.63, 3.8) is 0 Å². The number of hydrogen-bond donors (Lipinski definition) is 2. The van der Waals surface area contributed by atoms with Crippen molar-refractivity contribution in [1.29, 1.82) is 0 Å². The quantitative estimate of drug-likeness (QED) is 0.318. The van der Waals surface area contributed by atoms with Crippen molar-refractivity contribution in [2.75, 3.05) is 38.2 Å². The Morgan fingerprint density at radius 3 is 2.67 bits per heavy atom. The van der Waals surface area contributed by atoms with E-state index in [2.05, 4.69) is 22.0 Å². The molecule has 1 amide bonds. The topological polar surface area (TPSA) is 107 Å². The Morgan fingerprint density at radius 2 is 1.93 bits per heavy atom. The third-order valence-electron chi connectivity index (χ3n) is 8.06. The lowest BCUT2D eigenvalue weighted by molar-refractivity contribution is -0.123. The monoisotopic (exact) mass is 568 g/mol. The molecule has 3 aliphatic rings. The lowest BCUT2D eigenvalue weighted by Gasteiger charge is -2.35. The van der Waals surface area contributed by atoms with Crippen molar-refractivity contribution in [2.24, 2.45) is 4.99 Å². The van der Waals surface area contributed by atoms with Crippen LogP contribution in [0.25, 0.3) is 10.9 Å². The van der Waals surface area contributed by atoms with Crippen LogP contribution < -0.4 is 4.90 Å². The number of aromatic amines is 1. The first-order chi connectivity index (χ1) is 20.3. The lowest BCUT2D eigenvalue weighted by atomic mass is 9.96. The first kappa shape index (κ1) is 27.9. The fourth-order valence-corrected chi connectivity index (χ4v) is 6.26. The van der Waals surface area contributed by atoms with Crippen LogP contribution in [0.1, 0.15) is 48.2 Å². The van der Waals surface area contributed by atoms with Crippen LogP contribution in [0.15, 0.2) is 65.2 Å². The highest BCUT2D eigenvalue weighted by molar-refractivity contribution is 6.23. The molecule has 2 aliphatic heterocycles. The molecule has 2 unspecified atom stereocenters. The number of amides is 1. The van der Waals surface area contributed by atoms with Crippen LogP contribution >= 0.6 is 0 Å². The number of hydrogen-bond acceptors (Lipinski definition) is 7. The number of fused-ring (bicyclic) bond motifs is 2. The minimum absolute atomic E-state index is 0.0182. The van der Waals surface area contributed by atoms with Crippen LogP contribution in [0.5, 0.6) is 5.88 Å². The number of ether oxygens (including phenoxy) is 2. The maximum Gasteiger partial charge on any atom is 0.337 e. The van der Waals surface area contributed by atoms with Gasteiger partial charge in [0.1, 0.15) is 0 Å². The molecule has 6 rings (SSSR count). The molecule has 1 saturated heterocycles. The fraction of sp³-hybridized carbons (Fsp3) is 0.364. The van der Waals surface area contributed by atoms with Gasteiger partial charge >= 0.3 is 5.97 Å². The van der Waals surface area contributed by atoms with Crippen LogP contribution in [-0.4, -0.2) is 78.1 Å². The van der Waals surface area contributed by atoms with Crippen LogP contribution in [0.2, 0.25) is 0 Å². The smallest absolute Gasteiger partial charge is 0.337 e. The Bertz CT molecular complexity index is 1620. The van der Waals surface area contributed by atoms with Gasteiger partial charge in [-0.15, -0.1) is 0 Å². The van der Waals surface area contributed by atoms with E-state index in [1.807, 2.05) is 43.0 Å². The lowest BCUT2D eigenvalue weighted by Crippen LogP contribution is -2.49. The van der Waals surface area contributed by atoms with Gasteiger partial charge in [0.2, 0.25) is 5.91 Å². The SMILES string of the molecule is COC(=O)c1ccc2c(C(=Nc3ccc4c(c3)CCN4C(=O)CN3CC(C)OC(C)C3)C3=CCCC=C3)c(O)[nH]c2c1. The van der Waals surface area contributed by atoms with E-state index in [1.54, 1.807) is 18.2 Å². The molecule has 2 atom stereocenters. The Balaban J connectivity index is 1.32. The highest BCUT2D eigenvalue weighted by atomic mass is 16.5. The summed E-state index contributed by atoms with van der Waals surface area (Å²) < 4.78 is 10.7. The molecule has 1 fully saturated rings. The van der Waals surface area contributed by atoms with E-state index in [9.17, 15) is 14.7 Å². The summed E-state index contributed by atoms with van der Waals surface area (Å²) in [5, 5.41) is 11.8. The van der Waals surface area contributed by atoms with E-state index in [0.29, 0.717) is 35.4 Å². The average Bonchev–Trinajstić information content (AvgIpc) is 3.55. The number of nitrogens with one attached hydrogen (secondary N) is 1. The van der Waals surface area contributed by atoms with Crippen LogP contribution in [0.3, 0.4) is 0 Å². The summed E-state index contributed by atoms with van der Waals surface area (Å²) in [7, 11) is 1.34. The summed E-state index contributed by atoms with van der Waals surface area (Å²) in [6.07, 6.45) is 9.07. The number of rotatable bonds is 6. The van der Waals surface area contributed by atoms with E-state index in [1.165, 1.54) is 7.11 Å². The molecule has 2 N–H and O–H groups in total. The third kappa shape index (κ3) is 5.49. The molecule has 1 aromatic heterocycles. The van der Waals surface area contributed by atoms with Crippen molar-refractivity contribution in [1.82, 2.24) is 9.88 Å². The largest absolute Gasteiger partial charge is 0.494 e. The van der Waals surface area contributed by atoms with Gasteiger partial charge in [-0.3, -0.25) is 9.69 Å². The van der Waals surface area contributed by atoms with Gasteiger partial charge < -0.3 is 24.5 Å². The number of carbonyl (C=O) groups is 2. The molecule has 3 heterocycles. The van der Waals surface area contributed by atoms with Crippen LogP contribution in [0, 0.1) is 0 Å². The number of aliphatic imine (C=N–C) groups is 1. The van der Waals surface area contributed by atoms with E-state index in [0.717, 1.165) is 60.2 Å². The summed E-state index contributed by atoms with van der Waals surface area (Å²) >= 11 is 0. The zero-order valence-corrected chi connectivity index (χ0v) is 24.2. The maximum absolute atomic E-state index is 13.3. The highest BCUT2D eigenvalue weighted by Crippen LogP contribution is 2.36. The van der Waals surface area contributed by atoms with E-state index in [-0.39, 0.29) is 24.0 Å². The van der Waals surface area contributed by atoms with E-state index in [4.69, 9.17) is 14.5 Å². The summed E-state index contributed by atoms with van der Waals surface area (Å²) in [5.74, 6) is -0.367.